The van der Waals surface area contributed by atoms with Gasteiger partial charge in [-0.05, 0) is 55.8 Å². The van der Waals surface area contributed by atoms with Crippen LogP contribution in [0.25, 0.3) is 0 Å². The highest BCUT2D eigenvalue weighted by atomic mass is 16.3. The highest BCUT2D eigenvalue weighted by Gasteiger charge is 2.40. The van der Waals surface area contributed by atoms with E-state index in [0.29, 0.717) is 12.0 Å². The molecule has 104 valence electrons. The van der Waals surface area contributed by atoms with Gasteiger partial charge in [-0.3, -0.25) is 0 Å². The van der Waals surface area contributed by atoms with Gasteiger partial charge in [0.2, 0.25) is 0 Å². The molecule has 0 spiro atoms. The normalized spacial score (nSPS) is 38.2. The standard InChI is InChI=1S/C16H29NO/c18-9-8-16(6-2-1-3-7-16)12-17-15-11-13-4-5-14(15)10-13/h13-15,17-18H,1-12H2. The highest BCUT2D eigenvalue weighted by molar-refractivity contribution is 4.96. The molecule has 2 nitrogen and oxygen atoms in total. The van der Waals surface area contributed by atoms with Crippen LogP contribution in [0.15, 0.2) is 0 Å². The molecule has 0 saturated heterocycles. The van der Waals surface area contributed by atoms with E-state index >= 15 is 0 Å². The van der Waals surface area contributed by atoms with E-state index in [0.717, 1.165) is 24.3 Å². The van der Waals surface area contributed by atoms with Gasteiger partial charge in [0.25, 0.3) is 0 Å². The number of aliphatic hydroxyl groups excluding tert-OH is 1. The van der Waals surface area contributed by atoms with E-state index in [1.165, 1.54) is 64.3 Å². The Balaban J connectivity index is 1.53. The van der Waals surface area contributed by atoms with Crippen molar-refractivity contribution in [3.8, 4) is 0 Å². The number of rotatable bonds is 5. The predicted octanol–water partition coefficient (Wildman–Crippen LogP) is 3.10. The van der Waals surface area contributed by atoms with Crippen LogP contribution in [0, 0.1) is 17.3 Å². The van der Waals surface area contributed by atoms with Gasteiger partial charge in [0.05, 0.1) is 0 Å². The molecule has 3 rings (SSSR count). The van der Waals surface area contributed by atoms with Crippen molar-refractivity contribution in [2.75, 3.05) is 13.2 Å². The van der Waals surface area contributed by atoms with Crippen molar-refractivity contribution in [2.45, 2.75) is 70.3 Å². The number of aliphatic hydroxyl groups is 1. The summed E-state index contributed by atoms with van der Waals surface area (Å²) in [6, 6.07) is 0.807. The topological polar surface area (TPSA) is 32.3 Å². The first-order chi connectivity index (χ1) is 8.81. The molecule has 3 aliphatic rings. The van der Waals surface area contributed by atoms with Gasteiger partial charge in [-0.25, -0.2) is 0 Å². The summed E-state index contributed by atoms with van der Waals surface area (Å²) >= 11 is 0. The molecule has 3 aliphatic carbocycles. The van der Waals surface area contributed by atoms with Crippen LogP contribution in [-0.4, -0.2) is 24.3 Å². The number of hydrogen-bond donors (Lipinski definition) is 2. The summed E-state index contributed by atoms with van der Waals surface area (Å²) in [4.78, 5) is 0. The van der Waals surface area contributed by atoms with Crippen molar-refractivity contribution >= 4 is 0 Å². The molecular weight excluding hydrogens is 222 g/mol. The number of fused-ring (bicyclic) bond motifs is 2. The van der Waals surface area contributed by atoms with Gasteiger partial charge in [0.1, 0.15) is 0 Å². The fourth-order valence-corrected chi connectivity index (χ4v) is 4.90. The van der Waals surface area contributed by atoms with Crippen molar-refractivity contribution in [3.63, 3.8) is 0 Å². The first-order valence-electron chi connectivity index (χ1n) is 8.16. The maximum atomic E-state index is 9.35. The van der Waals surface area contributed by atoms with Crippen LogP contribution in [0.2, 0.25) is 0 Å². The zero-order valence-corrected chi connectivity index (χ0v) is 11.7. The molecule has 2 bridgehead atoms. The summed E-state index contributed by atoms with van der Waals surface area (Å²) in [6.07, 6.45) is 13.7. The molecule has 18 heavy (non-hydrogen) atoms. The lowest BCUT2D eigenvalue weighted by Crippen LogP contribution is -2.43. The second-order valence-electron chi connectivity index (χ2n) is 7.20. The summed E-state index contributed by atoms with van der Waals surface area (Å²) in [5.41, 5.74) is 0.425. The van der Waals surface area contributed by atoms with E-state index in [1.807, 2.05) is 0 Å². The van der Waals surface area contributed by atoms with E-state index in [-0.39, 0.29) is 0 Å². The smallest absolute Gasteiger partial charge is 0.0436 e. The summed E-state index contributed by atoms with van der Waals surface area (Å²) in [7, 11) is 0. The first-order valence-corrected chi connectivity index (χ1v) is 8.16. The van der Waals surface area contributed by atoms with Crippen LogP contribution >= 0.6 is 0 Å². The SMILES string of the molecule is OCCC1(CNC2CC3CCC2C3)CCCCC1. The average molecular weight is 251 g/mol. The quantitative estimate of drug-likeness (QED) is 0.787. The minimum atomic E-state index is 0.373. The van der Waals surface area contributed by atoms with Crippen LogP contribution in [0.5, 0.6) is 0 Å². The molecule has 0 amide bonds. The zero-order valence-electron chi connectivity index (χ0n) is 11.7. The van der Waals surface area contributed by atoms with E-state index in [9.17, 15) is 5.11 Å². The van der Waals surface area contributed by atoms with E-state index in [1.54, 1.807) is 0 Å². The minimum Gasteiger partial charge on any atom is -0.396 e. The first kappa shape index (κ1) is 12.9. The number of nitrogens with one attached hydrogen (secondary N) is 1. The molecule has 0 aromatic heterocycles. The third-order valence-corrected chi connectivity index (χ3v) is 6.03. The Bertz CT molecular complexity index is 267. The molecule has 0 aromatic rings. The van der Waals surface area contributed by atoms with Crippen LogP contribution < -0.4 is 5.32 Å². The summed E-state index contributed by atoms with van der Waals surface area (Å²) in [6.45, 7) is 1.54. The molecule has 2 heteroatoms. The summed E-state index contributed by atoms with van der Waals surface area (Å²) in [5, 5.41) is 13.3. The van der Waals surface area contributed by atoms with Crippen LogP contribution in [0.4, 0.5) is 0 Å². The Labute approximate surface area is 112 Å². The Morgan fingerprint density at radius 2 is 1.89 bits per heavy atom. The minimum absolute atomic E-state index is 0.373. The zero-order chi connectivity index (χ0) is 12.4. The van der Waals surface area contributed by atoms with Crippen LogP contribution in [0.3, 0.4) is 0 Å². The molecule has 0 aliphatic heterocycles. The molecule has 0 aromatic carbocycles. The number of hydrogen-bond acceptors (Lipinski definition) is 2. The van der Waals surface area contributed by atoms with Gasteiger partial charge in [0, 0.05) is 19.2 Å². The fourth-order valence-electron chi connectivity index (χ4n) is 4.90. The fraction of sp³-hybridized carbons (Fsp3) is 1.00. The highest BCUT2D eigenvalue weighted by Crippen LogP contribution is 2.45. The Kier molecular flexibility index (Phi) is 3.95. The van der Waals surface area contributed by atoms with Crippen LogP contribution in [0.1, 0.15) is 64.2 Å². The van der Waals surface area contributed by atoms with Crippen LogP contribution in [-0.2, 0) is 0 Å². The lowest BCUT2D eigenvalue weighted by atomic mass is 9.71. The molecule has 0 radical (unpaired) electrons. The molecule has 2 N–H and O–H groups in total. The second-order valence-corrected chi connectivity index (χ2v) is 7.20. The summed E-state index contributed by atoms with van der Waals surface area (Å²) in [5.74, 6) is 2.01. The maximum Gasteiger partial charge on any atom is 0.0436 e. The predicted molar refractivity (Wildman–Crippen MR) is 74.5 cm³/mol. The maximum absolute atomic E-state index is 9.35. The van der Waals surface area contributed by atoms with Crippen molar-refractivity contribution in [2.24, 2.45) is 17.3 Å². The second kappa shape index (κ2) is 5.50. The molecule has 3 unspecified atom stereocenters. The van der Waals surface area contributed by atoms with E-state index < -0.39 is 0 Å². The Hall–Kier alpha value is -0.0800. The third-order valence-electron chi connectivity index (χ3n) is 6.03. The third kappa shape index (κ3) is 2.60. The molecular formula is C16H29NO. The average Bonchev–Trinajstić information content (AvgIpc) is 3.00. The lowest BCUT2D eigenvalue weighted by Gasteiger charge is -2.39. The van der Waals surface area contributed by atoms with Gasteiger partial charge in [-0.15, -0.1) is 0 Å². The molecule has 3 fully saturated rings. The van der Waals surface area contributed by atoms with Gasteiger partial charge in [-0.2, -0.15) is 0 Å². The van der Waals surface area contributed by atoms with Gasteiger partial charge in [0.15, 0.2) is 0 Å². The van der Waals surface area contributed by atoms with Gasteiger partial charge >= 0.3 is 0 Å². The van der Waals surface area contributed by atoms with Gasteiger partial charge < -0.3 is 10.4 Å². The van der Waals surface area contributed by atoms with E-state index in [4.69, 9.17) is 0 Å². The molecule has 3 saturated carbocycles. The molecule has 0 heterocycles. The largest absolute Gasteiger partial charge is 0.396 e. The van der Waals surface area contributed by atoms with Crippen molar-refractivity contribution in [3.05, 3.63) is 0 Å². The van der Waals surface area contributed by atoms with Gasteiger partial charge in [-0.1, -0.05) is 25.7 Å². The molecule has 3 atom stereocenters. The van der Waals surface area contributed by atoms with Crippen molar-refractivity contribution in [1.29, 1.82) is 0 Å². The Morgan fingerprint density at radius 3 is 2.50 bits per heavy atom. The Morgan fingerprint density at radius 1 is 1.06 bits per heavy atom. The van der Waals surface area contributed by atoms with Crippen molar-refractivity contribution in [1.82, 2.24) is 5.32 Å². The van der Waals surface area contributed by atoms with E-state index in [2.05, 4.69) is 5.32 Å². The monoisotopic (exact) mass is 251 g/mol. The van der Waals surface area contributed by atoms with Crippen molar-refractivity contribution < 1.29 is 5.11 Å². The summed E-state index contributed by atoms with van der Waals surface area (Å²) < 4.78 is 0. The lowest BCUT2D eigenvalue weighted by molar-refractivity contribution is 0.118.